The van der Waals surface area contributed by atoms with Crippen molar-refractivity contribution in [2.45, 2.75) is 76.9 Å². The molecule has 2 aliphatic rings. The molecule has 2 heterocycles. The number of amides is 1. The van der Waals surface area contributed by atoms with E-state index in [4.69, 9.17) is 14.2 Å². The summed E-state index contributed by atoms with van der Waals surface area (Å²) in [7, 11) is 1.51. The van der Waals surface area contributed by atoms with E-state index in [9.17, 15) is 19.5 Å². The topological polar surface area (TPSA) is 102 Å². The summed E-state index contributed by atoms with van der Waals surface area (Å²) >= 11 is 0. The Hall–Kier alpha value is -1.51. The maximum absolute atomic E-state index is 12.9. The second-order valence-corrected chi connectivity index (χ2v) is 7.69. The SMILES string of the molecule is COCC1CCC(C)C(O)(C(=O)C(=O)N2CCCCC2C(=O)OC(C)C)O1. The monoisotopic (exact) mass is 385 g/mol. The third-order valence-corrected chi connectivity index (χ3v) is 5.20. The van der Waals surface area contributed by atoms with E-state index in [1.807, 2.05) is 0 Å². The van der Waals surface area contributed by atoms with Crippen molar-refractivity contribution in [2.75, 3.05) is 20.3 Å². The number of carbonyl (C=O) groups excluding carboxylic acids is 3. The summed E-state index contributed by atoms with van der Waals surface area (Å²) in [5, 5.41) is 10.9. The summed E-state index contributed by atoms with van der Waals surface area (Å²) in [6, 6.07) is -0.810. The van der Waals surface area contributed by atoms with E-state index in [1.54, 1.807) is 20.8 Å². The van der Waals surface area contributed by atoms with E-state index in [1.165, 1.54) is 12.0 Å². The Balaban J connectivity index is 2.17. The zero-order valence-corrected chi connectivity index (χ0v) is 16.6. The quantitative estimate of drug-likeness (QED) is 0.538. The number of rotatable bonds is 6. The van der Waals surface area contributed by atoms with Gasteiger partial charge in [-0.2, -0.15) is 0 Å². The molecule has 0 aromatic heterocycles. The van der Waals surface area contributed by atoms with Crippen LogP contribution < -0.4 is 0 Å². The minimum Gasteiger partial charge on any atom is -0.461 e. The van der Waals surface area contributed by atoms with Gasteiger partial charge >= 0.3 is 5.97 Å². The highest BCUT2D eigenvalue weighted by Crippen LogP contribution is 2.34. The van der Waals surface area contributed by atoms with Crippen LogP contribution in [0.1, 0.15) is 52.9 Å². The standard InChI is InChI=1S/C19H31NO7/c1-12(2)26-18(23)15-7-5-6-10-20(15)17(22)16(21)19(24)13(3)8-9-14(27-19)11-25-4/h12-15,24H,5-11H2,1-4H3. The van der Waals surface area contributed by atoms with Crippen LogP contribution in [0, 0.1) is 5.92 Å². The molecule has 2 rings (SSSR count). The number of likely N-dealkylation sites (tertiary alicyclic amines) is 1. The Bertz CT molecular complexity index is 564. The Kier molecular flexibility index (Phi) is 7.36. The molecule has 2 fully saturated rings. The van der Waals surface area contributed by atoms with Crippen LogP contribution >= 0.6 is 0 Å². The molecule has 4 unspecified atom stereocenters. The molecule has 8 nitrogen and oxygen atoms in total. The fourth-order valence-corrected chi connectivity index (χ4v) is 3.66. The molecule has 0 aromatic rings. The number of ketones is 1. The van der Waals surface area contributed by atoms with Crippen molar-refractivity contribution in [3.05, 3.63) is 0 Å². The van der Waals surface area contributed by atoms with Crippen LogP contribution in [0.25, 0.3) is 0 Å². The minimum atomic E-state index is -2.21. The van der Waals surface area contributed by atoms with Gasteiger partial charge in [0.2, 0.25) is 5.79 Å². The van der Waals surface area contributed by atoms with Crippen molar-refractivity contribution in [2.24, 2.45) is 5.92 Å². The molecular weight excluding hydrogens is 354 g/mol. The Morgan fingerprint density at radius 2 is 1.93 bits per heavy atom. The van der Waals surface area contributed by atoms with E-state index in [2.05, 4.69) is 0 Å². The van der Waals surface area contributed by atoms with Gasteiger partial charge < -0.3 is 24.2 Å². The third-order valence-electron chi connectivity index (χ3n) is 5.20. The lowest BCUT2D eigenvalue weighted by molar-refractivity contribution is -0.268. The predicted molar refractivity (Wildman–Crippen MR) is 95.7 cm³/mol. The first kappa shape index (κ1) is 21.8. The van der Waals surface area contributed by atoms with E-state index in [-0.39, 0.29) is 19.3 Å². The number of aliphatic hydroxyl groups is 1. The summed E-state index contributed by atoms with van der Waals surface area (Å²) in [5.74, 6) is -5.18. The molecule has 0 spiro atoms. The van der Waals surface area contributed by atoms with E-state index < -0.39 is 41.5 Å². The zero-order chi connectivity index (χ0) is 20.2. The molecule has 1 amide bonds. The second-order valence-electron chi connectivity index (χ2n) is 7.69. The van der Waals surface area contributed by atoms with Crippen LogP contribution in [-0.2, 0) is 28.6 Å². The van der Waals surface area contributed by atoms with Gasteiger partial charge in [-0.3, -0.25) is 9.59 Å². The van der Waals surface area contributed by atoms with Crippen LogP contribution in [0.3, 0.4) is 0 Å². The lowest BCUT2D eigenvalue weighted by Crippen LogP contribution is -2.61. The Morgan fingerprint density at radius 3 is 2.56 bits per heavy atom. The average molecular weight is 385 g/mol. The number of Topliss-reactive ketones (excluding diaryl/α,β-unsaturated/α-hetero) is 1. The first-order valence-electron chi connectivity index (χ1n) is 9.65. The number of carbonyl (C=O) groups is 3. The lowest BCUT2D eigenvalue weighted by Gasteiger charge is -2.41. The van der Waals surface area contributed by atoms with Gasteiger partial charge in [-0.15, -0.1) is 0 Å². The summed E-state index contributed by atoms with van der Waals surface area (Å²) in [5.41, 5.74) is 0. The molecule has 0 radical (unpaired) electrons. The molecular formula is C19H31NO7. The Morgan fingerprint density at radius 1 is 1.22 bits per heavy atom. The van der Waals surface area contributed by atoms with Gasteiger partial charge in [0.25, 0.3) is 11.7 Å². The van der Waals surface area contributed by atoms with Gasteiger partial charge in [-0.1, -0.05) is 6.92 Å². The smallest absolute Gasteiger partial charge is 0.329 e. The molecule has 4 atom stereocenters. The number of piperidine rings is 1. The van der Waals surface area contributed by atoms with Crippen LogP contribution in [0.4, 0.5) is 0 Å². The van der Waals surface area contributed by atoms with Crippen molar-refractivity contribution in [3.8, 4) is 0 Å². The zero-order valence-electron chi connectivity index (χ0n) is 16.6. The molecule has 27 heavy (non-hydrogen) atoms. The first-order valence-corrected chi connectivity index (χ1v) is 9.65. The highest BCUT2D eigenvalue weighted by molar-refractivity contribution is 6.39. The fraction of sp³-hybridized carbons (Fsp3) is 0.842. The first-order chi connectivity index (χ1) is 12.7. The summed E-state index contributed by atoms with van der Waals surface area (Å²) in [4.78, 5) is 39.4. The van der Waals surface area contributed by atoms with Gasteiger partial charge in [-0.05, 0) is 46.0 Å². The highest BCUT2D eigenvalue weighted by atomic mass is 16.6. The molecule has 8 heteroatoms. The van der Waals surface area contributed by atoms with Crippen molar-refractivity contribution in [3.63, 3.8) is 0 Å². The maximum Gasteiger partial charge on any atom is 0.329 e. The largest absolute Gasteiger partial charge is 0.461 e. The molecule has 2 saturated heterocycles. The van der Waals surface area contributed by atoms with Crippen molar-refractivity contribution in [1.29, 1.82) is 0 Å². The number of ether oxygens (including phenoxy) is 3. The van der Waals surface area contributed by atoms with E-state index in [0.29, 0.717) is 25.7 Å². The third kappa shape index (κ3) is 4.86. The highest BCUT2D eigenvalue weighted by Gasteiger charge is 2.52. The van der Waals surface area contributed by atoms with Gasteiger partial charge in [0.15, 0.2) is 0 Å². The van der Waals surface area contributed by atoms with Gasteiger partial charge in [0.1, 0.15) is 6.04 Å². The van der Waals surface area contributed by atoms with Crippen molar-refractivity contribution < 1.29 is 33.7 Å². The number of nitrogens with zero attached hydrogens (tertiary/aromatic N) is 1. The predicted octanol–water partition coefficient (Wildman–Crippen LogP) is 1.04. The number of esters is 1. The van der Waals surface area contributed by atoms with Gasteiger partial charge in [-0.25, -0.2) is 4.79 Å². The van der Waals surface area contributed by atoms with E-state index in [0.717, 1.165) is 6.42 Å². The summed E-state index contributed by atoms with van der Waals surface area (Å²) < 4.78 is 15.9. The summed E-state index contributed by atoms with van der Waals surface area (Å²) in [6.45, 7) is 5.63. The number of methoxy groups -OCH3 is 1. The normalized spacial score (nSPS) is 31.6. The minimum absolute atomic E-state index is 0.226. The maximum atomic E-state index is 12.9. The second kappa shape index (κ2) is 9.12. The van der Waals surface area contributed by atoms with E-state index >= 15 is 0 Å². The summed E-state index contributed by atoms with van der Waals surface area (Å²) in [6.07, 6.45) is 2.28. The molecule has 0 saturated carbocycles. The van der Waals surface area contributed by atoms with Gasteiger partial charge in [0, 0.05) is 19.6 Å². The van der Waals surface area contributed by atoms with Crippen LogP contribution in [-0.4, -0.2) is 72.0 Å². The molecule has 154 valence electrons. The van der Waals surface area contributed by atoms with Crippen molar-refractivity contribution in [1.82, 2.24) is 4.90 Å². The lowest BCUT2D eigenvalue weighted by atomic mass is 9.86. The average Bonchev–Trinajstić information content (AvgIpc) is 2.63. The molecule has 1 N–H and O–H groups in total. The fourth-order valence-electron chi connectivity index (χ4n) is 3.66. The molecule has 0 aliphatic carbocycles. The number of hydrogen-bond acceptors (Lipinski definition) is 7. The van der Waals surface area contributed by atoms with Crippen LogP contribution in [0.15, 0.2) is 0 Å². The number of hydrogen-bond donors (Lipinski definition) is 1. The van der Waals surface area contributed by atoms with Gasteiger partial charge in [0.05, 0.1) is 18.8 Å². The van der Waals surface area contributed by atoms with Crippen LogP contribution in [0.2, 0.25) is 0 Å². The van der Waals surface area contributed by atoms with Crippen molar-refractivity contribution >= 4 is 17.7 Å². The molecule has 2 aliphatic heterocycles. The molecule has 0 bridgehead atoms. The molecule has 0 aromatic carbocycles. The van der Waals surface area contributed by atoms with Crippen LogP contribution in [0.5, 0.6) is 0 Å². The Labute approximate surface area is 160 Å².